The number of anilines is 4. The van der Waals surface area contributed by atoms with Crippen LogP contribution in [0.2, 0.25) is 0 Å². The van der Waals surface area contributed by atoms with Crippen LogP contribution in [0.3, 0.4) is 0 Å². The second-order valence-corrected chi connectivity index (χ2v) is 11.8. The number of aromatic nitrogens is 2. The van der Waals surface area contributed by atoms with Crippen LogP contribution in [-0.4, -0.2) is 73.4 Å². The van der Waals surface area contributed by atoms with Crippen LogP contribution in [0.15, 0.2) is 59.6 Å². The van der Waals surface area contributed by atoms with E-state index in [1.165, 1.54) is 5.69 Å². The van der Waals surface area contributed by atoms with E-state index in [9.17, 15) is 8.42 Å². The third-order valence-electron chi connectivity index (χ3n) is 7.30. The highest BCUT2D eigenvalue weighted by Gasteiger charge is 2.31. The molecule has 3 N–H and O–H groups in total. The van der Waals surface area contributed by atoms with Crippen LogP contribution in [0.4, 0.5) is 23.1 Å². The number of nitrogens with one attached hydrogen (secondary N) is 1. The maximum Gasteiger partial charge on any atom is 0.243 e. The minimum atomic E-state index is -3.59. The molecule has 9 nitrogen and oxygen atoms in total. The highest BCUT2D eigenvalue weighted by Crippen LogP contribution is 2.32. The lowest BCUT2D eigenvalue weighted by Gasteiger charge is -2.34. The molecule has 0 aliphatic carbocycles. The number of nitrogen functional groups attached to an aromatic ring is 1. The number of benzene rings is 2. The lowest BCUT2D eigenvalue weighted by molar-refractivity contribution is 0.268. The molecule has 3 aromatic rings. The van der Waals surface area contributed by atoms with Crippen molar-refractivity contribution in [1.29, 1.82) is 0 Å². The van der Waals surface area contributed by atoms with Crippen LogP contribution in [0.25, 0.3) is 11.1 Å². The van der Waals surface area contributed by atoms with Crippen LogP contribution < -0.4 is 16.0 Å². The summed E-state index contributed by atoms with van der Waals surface area (Å²) in [6.07, 6.45) is 4.53. The second-order valence-electron chi connectivity index (χ2n) is 9.94. The zero-order valence-corrected chi connectivity index (χ0v) is 22.3. The van der Waals surface area contributed by atoms with Gasteiger partial charge in [-0.3, -0.25) is 0 Å². The van der Waals surface area contributed by atoms with Gasteiger partial charge in [-0.15, -0.1) is 0 Å². The molecule has 2 aliphatic heterocycles. The van der Waals surface area contributed by atoms with Crippen molar-refractivity contribution in [2.45, 2.75) is 37.1 Å². The first-order chi connectivity index (χ1) is 17.8. The first kappa shape index (κ1) is 25.4. The average molecular weight is 522 g/mol. The summed E-state index contributed by atoms with van der Waals surface area (Å²) in [5.41, 5.74) is 9.48. The molecule has 0 radical (unpaired) electrons. The highest BCUT2D eigenvalue weighted by atomic mass is 32.2. The van der Waals surface area contributed by atoms with E-state index < -0.39 is 10.0 Å². The molecule has 1 atom stereocenters. The predicted molar refractivity (Wildman–Crippen MR) is 149 cm³/mol. The summed E-state index contributed by atoms with van der Waals surface area (Å²) in [6.45, 7) is 6.63. The summed E-state index contributed by atoms with van der Waals surface area (Å²) < 4.78 is 28.4. The number of likely N-dealkylation sites (N-methyl/N-ethyl adjacent to an activating group) is 1. The first-order valence-electron chi connectivity index (χ1n) is 12.9. The van der Waals surface area contributed by atoms with Gasteiger partial charge < -0.3 is 20.9 Å². The van der Waals surface area contributed by atoms with Gasteiger partial charge in [-0.2, -0.15) is 9.29 Å². The van der Waals surface area contributed by atoms with E-state index in [1.807, 2.05) is 13.0 Å². The van der Waals surface area contributed by atoms with Crippen LogP contribution in [0, 0.1) is 0 Å². The van der Waals surface area contributed by atoms with Crippen LogP contribution in [0.1, 0.15) is 26.2 Å². The van der Waals surface area contributed by atoms with Gasteiger partial charge in [0.15, 0.2) is 0 Å². The molecule has 3 heterocycles. The maximum atomic E-state index is 13.4. The number of rotatable bonds is 6. The summed E-state index contributed by atoms with van der Waals surface area (Å²) in [4.78, 5) is 13.6. The van der Waals surface area contributed by atoms with Crippen molar-refractivity contribution in [2.75, 3.05) is 55.7 Å². The van der Waals surface area contributed by atoms with Gasteiger partial charge in [-0.1, -0.05) is 24.6 Å². The summed E-state index contributed by atoms with van der Waals surface area (Å²) in [5, 5.41) is 3.29. The number of piperazine rings is 1. The molecule has 0 saturated carbocycles. The zero-order chi connectivity index (χ0) is 26.0. The average Bonchev–Trinajstić information content (AvgIpc) is 2.90. The van der Waals surface area contributed by atoms with Gasteiger partial charge >= 0.3 is 0 Å². The molecule has 0 bridgehead atoms. The molecule has 0 spiro atoms. The lowest BCUT2D eigenvalue weighted by Crippen LogP contribution is -2.44. The van der Waals surface area contributed by atoms with Crippen molar-refractivity contribution in [3.05, 3.63) is 54.7 Å². The number of sulfonamides is 1. The first-order valence-corrected chi connectivity index (χ1v) is 14.3. The number of piperidine rings is 1. The van der Waals surface area contributed by atoms with E-state index in [-0.39, 0.29) is 16.9 Å². The van der Waals surface area contributed by atoms with Crippen LogP contribution in [0.5, 0.6) is 0 Å². The topological polar surface area (TPSA) is 108 Å². The third-order valence-corrected chi connectivity index (χ3v) is 9.31. The van der Waals surface area contributed by atoms with Gasteiger partial charge in [0.2, 0.25) is 16.0 Å². The summed E-state index contributed by atoms with van der Waals surface area (Å²) in [6, 6.07) is 15.2. The molecular weight excluding hydrogens is 486 g/mol. The van der Waals surface area contributed by atoms with Crippen LogP contribution >= 0.6 is 0 Å². The molecular formula is C27H35N7O2S. The van der Waals surface area contributed by atoms with Crippen molar-refractivity contribution in [1.82, 2.24) is 19.2 Å². The van der Waals surface area contributed by atoms with E-state index in [1.54, 1.807) is 28.7 Å². The molecule has 0 amide bonds. The molecule has 5 rings (SSSR count). The van der Waals surface area contributed by atoms with Gasteiger partial charge in [-0.05, 0) is 62.7 Å². The Kier molecular flexibility index (Phi) is 7.32. The lowest BCUT2D eigenvalue weighted by atomic mass is 10.1. The third kappa shape index (κ3) is 5.56. The second kappa shape index (κ2) is 10.6. The predicted octanol–water partition coefficient (Wildman–Crippen LogP) is 3.78. The largest absolute Gasteiger partial charge is 0.369 e. The Morgan fingerprint density at radius 2 is 1.76 bits per heavy atom. The summed E-state index contributed by atoms with van der Waals surface area (Å²) in [7, 11) is -1.44. The Hall–Kier alpha value is -3.21. The number of hydrogen-bond donors (Lipinski definition) is 2. The van der Waals surface area contributed by atoms with E-state index in [2.05, 4.69) is 56.4 Å². The van der Waals surface area contributed by atoms with Gasteiger partial charge in [0.1, 0.15) is 5.82 Å². The zero-order valence-electron chi connectivity index (χ0n) is 21.5. The molecule has 2 saturated heterocycles. The minimum Gasteiger partial charge on any atom is -0.369 e. The van der Waals surface area contributed by atoms with Gasteiger partial charge in [0.25, 0.3) is 0 Å². The monoisotopic (exact) mass is 521 g/mol. The fourth-order valence-corrected chi connectivity index (χ4v) is 6.80. The molecule has 1 unspecified atom stereocenters. The molecule has 2 aliphatic rings. The van der Waals surface area contributed by atoms with Gasteiger partial charge in [0.05, 0.1) is 4.90 Å². The Bertz CT molecular complexity index is 1340. The fourth-order valence-electron chi connectivity index (χ4n) is 5.05. The minimum absolute atomic E-state index is 0.00236. The molecule has 2 fully saturated rings. The molecule has 1 aromatic heterocycles. The Labute approximate surface area is 219 Å². The van der Waals surface area contributed by atoms with E-state index in [0.29, 0.717) is 18.1 Å². The standard InChI is InChI=1S/C27H35N7O2S/c1-20-6-3-4-13-34(20)37(35,36)24-8-5-7-22(18-24)30-26-25(19-29-27(28)31-26)21-9-11-23(12-10-21)33-16-14-32(2)15-17-33/h5,7-12,18-20H,3-4,6,13-17H2,1-2H3,(H3,28,29,30,31). The number of hydrogen-bond acceptors (Lipinski definition) is 8. The normalized spacial score (nSPS) is 19.6. The number of nitrogens with two attached hydrogens (primary N) is 1. The SMILES string of the molecule is CC1CCCCN1S(=O)(=O)c1cccc(Nc2nc(N)ncc2-c2ccc(N3CCN(C)CC3)cc2)c1. The molecule has 2 aromatic carbocycles. The highest BCUT2D eigenvalue weighted by molar-refractivity contribution is 7.89. The van der Waals surface area contributed by atoms with Crippen molar-refractivity contribution >= 4 is 33.2 Å². The van der Waals surface area contributed by atoms with E-state index in [0.717, 1.165) is 56.6 Å². The van der Waals surface area contributed by atoms with Crippen molar-refractivity contribution in [2.24, 2.45) is 0 Å². The summed E-state index contributed by atoms with van der Waals surface area (Å²) in [5.74, 6) is 0.673. The van der Waals surface area contributed by atoms with Crippen molar-refractivity contribution in [3.8, 4) is 11.1 Å². The van der Waals surface area contributed by atoms with Crippen molar-refractivity contribution < 1.29 is 8.42 Å². The van der Waals surface area contributed by atoms with Gasteiger partial charge in [-0.25, -0.2) is 13.4 Å². The fraction of sp³-hybridized carbons (Fsp3) is 0.407. The smallest absolute Gasteiger partial charge is 0.243 e. The Morgan fingerprint density at radius 3 is 2.49 bits per heavy atom. The molecule has 196 valence electrons. The van der Waals surface area contributed by atoms with Crippen molar-refractivity contribution in [3.63, 3.8) is 0 Å². The molecule has 10 heteroatoms. The maximum absolute atomic E-state index is 13.4. The number of nitrogens with zero attached hydrogens (tertiary/aromatic N) is 5. The van der Waals surface area contributed by atoms with E-state index >= 15 is 0 Å². The van der Waals surface area contributed by atoms with E-state index in [4.69, 9.17) is 5.73 Å². The summed E-state index contributed by atoms with van der Waals surface area (Å²) >= 11 is 0. The quantitative estimate of drug-likeness (QED) is 0.505. The Balaban J connectivity index is 1.40. The van der Waals surface area contributed by atoms with Crippen LogP contribution in [-0.2, 0) is 10.0 Å². The van der Waals surface area contributed by atoms with Gasteiger partial charge in [0, 0.05) is 61.9 Å². The Morgan fingerprint density at radius 1 is 1.00 bits per heavy atom. The molecule has 37 heavy (non-hydrogen) atoms.